The third-order valence-corrected chi connectivity index (χ3v) is 5.66. The SMILES string of the molecule is CCC(C)NC(=O)c1cc2ccc(OC(=O)C(c3ccccc3)c3ccccc3)cc2oc1=O. The summed E-state index contributed by atoms with van der Waals surface area (Å²) in [6, 6.07) is 25.0. The van der Waals surface area contributed by atoms with Gasteiger partial charge in [0.1, 0.15) is 22.8 Å². The summed E-state index contributed by atoms with van der Waals surface area (Å²) < 4.78 is 11.1. The molecule has 3 aromatic carbocycles. The first kappa shape index (κ1) is 23.0. The van der Waals surface area contributed by atoms with Crippen molar-refractivity contribution in [1.29, 1.82) is 0 Å². The molecule has 1 heterocycles. The molecule has 0 spiro atoms. The van der Waals surface area contributed by atoms with Gasteiger partial charge in [0.15, 0.2) is 0 Å². The molecule has 0 aliphatic heterocycles. The Balaban J connectivity index is 1.62. The Morgan fingerprint density at radius 2 is 1.53 bits per heavy atom. The Hall–Kier alpha value is -4.19. The zero-order valence-corrected chi connectivity index (χ0v) is 19.0. The Labute approximate surface area is 197 Å². The highest BCUT2D eigenvalue weighted by molar-refractivity contribution is 5.97. The van der Waals surface area contributed by atoms with Crippen LogP contribution in [0.4, 0.5) is 0 Å². The summed E-state index contributed by atoms with van der Waals surface area (Å²) >= 11 is 0. The largest absolute Gasteiger partial charge is 0.426 e. The normalized spacial score (nSPS) is 11.9. The molecular weight excluding hydrogens is 430 g/mol. The lowest BCUT2D eigenvalue weighted by Crippen LogP contribution is -2.34. The van der Waals surface area contributed by atoms with Crippen LogP contribution in [0.3, 0.4) is 0 Å². The number of carbonyl (C=O) groups is 2. The van der Waals surface area contributed by atoms with E-state index in [2.05, 4.69) is 5.32 Å². The third kappa shape index (κ3) is 5.07. The van der Waals surface area contributed by atoms with Crippen LogP contribution < -0.4 is 15.7 Å². The summed E-state index contributed by atoms with van der Waals surface area (Å²) in [5.74, 6) is -1.30. The number of carbonyl (C=O) groups excluding carboxylic acids is 2. The lowest BCUT2D eigenvalue weighted by Gasteiger charge is -2.17. The fourth-order valence-corrected chi connectivity index (χ4v) is 3.65. The van der Waals surface area contributed by atoms with Gasteiger partial charge in [-0.1, -0.05) is 67.6 Å². The van der Waals surface area contributed by atoms with Crippen LogP contribution in [0.1, 0.15) is 47.7 Å². The van der Waals surface area contributed by atoms with E-state index in [1.54, 1.807) is 12.1 Å². The predicted molar refractivity (Wildman–Crippen MR) is 130 cm³/mol. The highest BCUT2D eigenvalue weighted by atomic mass is 16.5. The summed E-state index contributed by atoms with van der Waals surface area (Å²) in [5.41, 5.74) is 1.03. The molecule has 0 saturated carbocycles. The number of hydrogen-bond donors (Lipinski definition) is 1. The van der Waals surface area contributed by atoms with E-state index in [4.69, 9.17) is 9.15 Å². The van der Waals surface area contributed by atoms with Crippen LogP contribution in [0.25, 0.3) is 11.0 Å². The molecule has 0 bridgehead atoms. The summed E-state index contributed by atoms with van der Waals surface area (Å²) in [6.45, 7) is 3.80. The van der Waals surface area contributed by atoms with E-state index in [0.29, 0.717) is 5.39 Å². The van der Waals surface area contributed by atoms with E-state index in [1.807, 2.05) is 74.5 Å². The molecule has 6 heteroatoms. The van der Waals surface area contributed by atoms with Gasteiger partial charge >= 0.3 is 11.6 Å². The van der Waals surface area contributed by atoms with Crippen molar-refractivity contribution in [2.75, 3.05) is 0 Å². The van der Waals surface area contributed by atoms with Crippen LogP contribution in [-0.4, -0.2) is 17.9 Å². The van der Waals surface area contributed by atoms with Gasteiger partial charge in [0, 0.05) is 17.5 Å². The number of amides is 1. The van der Waals surface area contributed by atoms with E-state index in [9.17, 15) is 14.4 Å². The number of rotatable bonds is 7. The molecule has 0 fully saturated rings. The molecule has 0 aliphatic carbocycles. The van der Waals surface area contributed by atoms with Crippen molar-refractivity contribution in [2.24, 2.45) is 0 Å². The minimum absolute atomic E-state index is 0.0634. The van der Waals surface area contributed by atoms with Crippen LogP contribution in [0.2, 0.25) is 0 Å². The Bertz CT molecular complexity index is 1320. The topological polar surface area (TPSA) is 85.6 Å². The lowest BCUT2D eigenvalue weighted by atomic mass is 9.91. The average molecular weight is 456 g/mol. The first-order valence-corrected chi connectivity index (χ1v) is 11.2. The van der Waals surface area contributed by atoms with E-state index in [-0.39, 0.29) is 22.9 Å². The molecule has 4 aromatic rings. The Morgan fingerprint density at radius 1 is 0.912 bits per heavy atom. The average Bonchev–Trinajstić information content (AvgIpc) is 2.85. The number of fused-ring (bicyclic) bond motifs is 1. The van der Waals surface area contributed by atoms with Crippen molar-refractivity contribution in [3.05, 3.63) is 112 Å². The maximum Gasteiger partial charge on any atom is 0.349 e. The summed E-state index contributed by atoms with van der Waals surface area (Å²) in [6.07, 6.45) is 0.742. The number of esters is 1. The van der Waals surface area contributed by atoms with Gasteiger partial charge in [-0.3, -0.25) is 9.59 Å². The van der Waals surface area contributed by atoms with Crippen molar-refractivity contribution >= 4 is 22.8 Å². The summed E-state index contributed by atoms with van der Waals surface area (Å²) in [4.78, 5) is 38.0. The fourth-order valence-electron chi connectivity index (χ4n) is 3.65. The maximum absolute atomic E-state index is 13.2. The third-order valence-electron chi connectivity index (χ3n) is 5.66. The van der Waals surface area contributed by atoms with Gasteiger partial charge in [0.25, 0.3) is 5.91 Å². The van der Waals surface area contributed by atoms with Gasteiger partial charge < -0.3 is 14.5 Å². The first-order valence-electron chi connectivity index (χ1n) is 11.2. The highest BCUT2D eigenvalue weighted by Crippen LogP contribution is 2.28. The van der Waals surface area contributed by atoms with Crippen molar-refractivity contribution < 1.29 is 18.7 Å². The number of hydrogen-bond acceptors (Lipinski definition) is 5. The Kier molecular flexibility index (Phi) is 6.87. The van der Waals surface area contributed by atoms with Gasteiger partial charge in [-0.2, -0.15) is 0 Å². The van der Waals surface area contributed by atoms with Crippen LogP contribution in [0.15, 0.2) is 94.1 Å². The summed E-state index contributed by atoms with van der Waals surface area (Å²) in [7, 11) is 0. The minimum Gasteiger partial charge on any atom is -0.426 e. The van der Waals surface area contributed by atoms with Crippen LogP contribution in [0.5, 0.6) is 5.75 Å². The van der Waals surface area contributed by atoms with Crippen molar-refractivity contribution in [3.8, 4) is 5.75 Å². The van der Waals surface area contributed by atoms with Crippen LogP contribution in [-0.2, 0) is 4.79 Å². The molecule has 0 radical (unpaired) electrons. The molecule has 1 aromatic heterocycles. The van der Waals surface area contributed by atoms with Crippen molar-refractivity contribution in [1.82, 2.24) is 5.32 Å². The van der Waals surface area contributed by atoms with Gasteiger partial charge in [-0.15, -0.1) is 0 Å². The van der Waals surface area contributed by atoms with Gasteiger partial charge in [0.2, 0.25) is 0 Å². The molecule has 34 heavy (non-hydrogen) atoms. The van der Waals surface area contributed by atoms with E-state index in [0.717, 1.165) is 17.5 Å². The van der Waals surface area contributed by atoms with Crippen LogP contribution >= 0.6 is 0 Å². The van der Waals surface area contributed by atoms with E-state index >= 15 is 0 Å². The molecule has 1 amide bonds. The molecule has 1 N–H and O–H groups in total. The Morgan fingerprint density at radius 3 is 2.12 bits per heavy atom. The zero-order valence-electron chi connectivity index (χ0n) is 19.0. The highest BCUT2D eigenvalue weighted by Gasteiger charge is 2.25. The van der Waals surface area contributed by atoms with Crippen LogP contribution in [0, 0.1) is 0 Å². The van der Waals surface area contributed by atoms with Crippen molar-refractivity contribution in [3.63, 3.8) is 0 Å². The van der Waals surface area contributed by atoms with E-state index < -0.39 is 23.4 Å². The second-order valence-electron chi connectivity index (χ2n) is 8.11. The van der Waals surface area contributed by atoms with Gasteiger partial charge in [0.05, 0.1) is 0 Å². The molecule has 0 aliphatic rings. The van der Waals surface area contributed by atoms with E-state index in [1.165, 1.54) is 12.1 Å². The number of nitrogens with one attached hydrogen (secondary N) is 1. The quantitative estimate of drug-likeness (QED) is 0.239. The molecule has 0 saturated heterocycles. The molecule has 1 atom stereocenters. The fraction of sp³-hybridized carbons (Fsp3) is 0.179. The zero-order chi connectivity index (χ0) is 24.1. The predicted octanol–water partition coefficient (Wildman–Crippen LogP) is 5.06. The standard InChI is InChI=1S/C28H25NO5/c1-3-18(2)29-26(30)23-16-21-14-15-22(17-24(21)34-27(23)31)33-28(32)25(19-10-6-4-7-11-19)20-12-8-5-9-13-20/h4-18,25H,3H2,1-2H3,(H,29,30). The number of ether oxygens (including phenoxy) is 1. The second-order valence-corrected chi connectivity index (χ2v) is 8.11. The summed E-state index contributed by atoms with van der Waals surface area (Å²) in [5, 5.41) is 3.32. The lowest BCUT2D eigenvalue weighted by molar-refractivity contribution is -0.135. The molecule has 4 rings (SSSR count). The molecule has 6 nitrogen and oxygen atoms in total. The molecule has 1 unspecified atom stereocenters. The molecule has 172 valence electrons. The number of benzene rings is 3. The maximum atomic E-state index is 13.2. The second kappa shape index (κ2) is 10.2. The van der Waals surface area contributed by atoms with Gasteiger partial charge in [-0.05, 0) is 42.7 Å². The smallest absolute Gasteiger partial charge is 0.349 e. The minimum atomic E-state index is -0.747. The first-order chi connectivity index (χ1) is 16.5. The van der Waals surface area contributed by atoms with Crippen molar-refractivity contribution in [2.45, 2.75) is 32.2 Å². The monoisotopic (exact) mass is 455 g/mol. The molecular formula is C28H25NO5. The van der Waals surface area contributed by atoms with Gasteiger partial charge in [-0.25, -0.2) is 4.79 Å².